The molecule has 0 N–H and O–H groups in total. The Hall–Kier alpha value is -1.47. The minimum atomic E-state index is 0.0241. The van der Waals surface area contributed by atoms with Crippen LogP contribution in [-0.4, -0.2) is 63.3 Å². The van der Waals surface area contributed by atoms with Crippen LogP contribution in [0.4, 0.5) is 0 Å². The molecule has 1 aromatic heterocycles. The number of amides is 1. The van der Waals surface area contributed by atoms with E-state index in [9.17, 15) is 4.79 Å². The minimum absolute atomic E-state index is 0.0241. The lowest BCUT2D eigenvalue weighted by Crippen LogP contribution is -2.36. The zero-order valence-electron chi connectivity index (χ0n) is 14.4. The molecule has 0 spiro atoms. The molecule has 128 valence electrons. The quantitative estimate of drug-likeness (QED) is 0.824. The summed E-state index contributed by atoms with van der Waals surface area (Å²) in [7, 11) is 2.10. The van der Waals surface area contributed by atoms with E-state index in [0.29, 0.717) is 25.8 Å². The van der Waals surface area contributed by atoms with Crippen molar-refractivity contribution >= 4 is 5.91 Å². The highest BCUT2D eigenvalue weighted by atomic mass is 16.5. The van der Waals surface area contributed by atoms with E-state index in [-0.39, 0.29) is 11.8 Å². The Labute approximate surface area is 137 Å². The van der Waals surface area contributed by atoms with E-state index in [1.807, 2.05) is 4.90 Å². The van der Waals surface area contributed by atoms with Gasteiger partial charge in [0, 0.05) is 25.7 Å². The summed E-state index contributed by atoms with van der Waals surface area (Å²) >= 11 is 0. The lowest BCUT2D eigenvalue weighted by molar-refractivity contribution is -0.136. The summed E-state index contributed by atoms with van der Waals surface area (Å²) in [6.07, 6.45) is 1.79. The van der Waals surface area contributed by atoms with Crippen LogP contribution < -0.4 is 0 Å². The zero-order chi connectivity index (χ0) is 16.4. The van der Waals surface area contributed by atoms with Crippen molar-refractivity contribution in [3.63, 3.8) is 0 Å². The van der Waals surface area contributed by atoms with Crippen LogP contribution in [0.3, 0.4) is 0 Å². The van der Waals surface area contributed by atoms with E-state index < -0.39 is 0 Å². The first kappa shape index (κ1) is 16.4. The molecule has 3 heterocycles. The van der Waals surface area contributed by atoms with E-state index in [0.717, 1.165) is 44.1 Å². The fraction of sp³-hybridized carbons (Fsp3) is 0.812. The van der Waals surface area contributed by atoms with Gasteiger partial charge in [-0.05, 0) is 33.7 Å². The Kier molecular flexibility index (Phi) is 4.96. The average Bonchev–Trinajstić information content (AvgIpc) is 3.12. The van der Waals surface area contributed by atoms with E-state index in [1.54, 1.807) is 0 Å². The predicted octanol–water partition coefficient (Wildman–Crippen LogP) is 0.887. The van der Waals surface area contributed by atoms with Gasteiger partial charge in [0.25, 0.3) is 0 Å². The van der Waals surface area contributed by atoms with Crippen LogP contribution in [0.2, 0.25) is 0 Å². The maximum absolute atomic E-state index is 12.6. The summed E-state index contributed by atoms with van der Waals surface area (Å²) in [5, 5.41) is 8.71. The topological polar surface area (TPSA) is 63.5 Å². The first-order valence-electron chi connectivity index (χ1n) is 8.54. The number of hydrogen-bond acceptors (Lipinski definition) is 5. The van der Waals surface area contributed by atoms with Gasteiger partial charge in [0.15, 0.2) is 5.82 Å². The molecule has 1 atom stereocenters. The number of aromatic nitrogens is 3. The van der Waals surface area contributed by atoms with Gasteiger partial charge >= 0.3 is 0 Å². The van der Waals surface area contributed by atoms with Gasteiger partial charge in [-0.15, -0.1) is 10.2 Å². The number of rotatable bonds is 4. The largest absolute Gasteiger partial charge is 0.381 e. The molecule has 2 aliphatic rings. The van der Waals surface area contributed by atoms with Crippen molar-refractivity contribution in [3.8, 4) is 0 Å². The van der Waals surface area contributed by atoms with Crippen molar-refractivity contribution in [2.75, 3.05) is 26.8 Å². The van der Waals surface area contributed by atoms with E-state index >= 15 is 0 Å². The molecule has 0 aromatic carbocycles. The summed E-state index contributed by atoms with van der Waals surface area (Å²) in [6.45, 7) is 8.63. The van der Waals surface area contributed by atoms with Crippen LogP contribution in [0.5, 0.6) is 0 Å². The van der Waals surface area contributed by atoms with Gasteiger partial charge in [-0.2, -0.15) is 0 Å². The molecule has 0 saturated carbocycles. The SMILES string of the molecule is CC(C)N(C)Cc1nnc2n1CCCN(C(=O)C1CCOC1)C2. The molecule has 0 bridgehead atoms. The van der Waals surface area contributed by atoms with Crippen molar-refractivity contribution in [1.29, 1.82) is 0 Å². The van der Waals surface area contributed by atoms with Gasteiger partial charge in [-0.3, -0.25) is 9.69 Å². The van der Waals surface area contributed by atoms with Crippen molar-refractivity contribution in [2.45, 2.75) is 52.4 Å². The first-order chi connectivity index (χ1) is 11.1. The number of carbonyl (C=O) groups excluding carboxylic acids is 1. The van der Waals surface area contributed by atoms with Crippen LogP contribution in [0.25, 0.3) is 0 Å². The Balaban J connectivity index is 1.71. The lowest BCUT2D eigenvalue weighted by Gasteiger charge is -2.22. The molecule has 3 rings (SSSR count). The number of hydrogen-bond donors (Lipinski definition) is 0. The molecule has 2 aliphatic heterocycles. The van der Waals surface area contributed by atoms with Crippen LogP contribution in [0.15, 0.2) is 0 Å². The Morgan fingerprint density at radius 2 is 2.22 bits per heavy atom. The summed E-state index contributed by atoms with van der Waals surface area (Å²) in [4.78, 5) is 16.8. The highest BCUT2D eigenvalue weighted by Crippen LogP contribution is 2.20. The van der Waals surface area contributed by atoms with Crippen LogP contribution in [0.1, 0.15) is 38.3 Å². The smallest absolute Gasteiger partial charge is 0.228 e. The van der Waals surface area contributed by atoms with Crippen molar-refractivity contribution < 1.29 is 9.53 Å². The number of carbonyl (C=O) groups is 1. The predicted molar refractivity (Wildman–Crippen MR) is 85.6 cm³/mol. The standard InChI is InChI=1S/C16H27N5O2/c1-12(2)19(3)9-14-17-18-15-10-20(6-4-7-21(14)15)16(22)13-5-8-23-11-13/h12-13H,4-11H2,1-3H3. The zero-order valence-corrected chi connectivity index (χ0v) is 14.4. The molecular formula is C16H27N5O2. The third-order valence-corrected chi connectivity index (χ3v) is 4.91. The minimum Gasteiger partial charge on any atom is -0.381 e. The third-order valence-electron chi connectivity index (χ3n) is 4.91. The second-order valence-corrected chi connectivity index (χ2v) is 6.87. The molecule has 0 aliphatic carbocycles. The molecule has 1 fully saturated rings. The molecule has 1 unspecified atom stereocenters. The van der Waals surface area contributed by atoms with Crippen LogP contribution >= 0.6 is 0 Å². The van der Waals surface area contributed by atoms with Gasteiger partial charge < -0.3 is 14.2 Å². The molecule has 1 aromatic rings. The summed E-state index contributed by atoms with van der Waals surface area (Å²) in [5.74, 6) is 2.13. The summed E-state index contributed by atoms with van der Waals surface area (Å²) in [5.41, 5.74) is 0. The maximum Gasteiger partial charge on any atom is 0.228 e. The molecule has 0 radical (unpaired) electrons. The average molecular weight is 321 g/mol. The van der Waals surface area contributed by atoms with E-state index in [1.165, 1.54) is 0 Å². The molecule has 1 amide bonds. The Morgan fingerprint density at radius 3 is 2.91 bits per heavy atom. The van der Waals surface area contributed by atoms with Crippen molar-refractivity contribution in [2.24, 2.45) is 5.92 Å². The van der Waals surface area contributed by atoms with E-state index in [4.69, 9.17) is 4.74 Å². The van der Waals surface area contributed by atoms with Gasteiger partial charge in [0.05, 0.1) is 25.6 Å². The summed E-state index contributed by atoms with van der Waals surface area (Å²) in [6, 6.07) is 0.467. The maximum atomic E-state index is 12.6. The normalized spacial score (nSPS) is 21.8. The second kappa shape index (κ2) is 6.97. The molecule has 7 nitrogen and oxygen atoms in total. The van der Waals surface area contributed by atoms with Gasteiger partial charge in [0.2, 0.25) is 5.91 Å². The second-order valence-electron chi connectivity index (χ2n) is 6.87. The number of ether oxygens (including phenoxy) is 1. The monoisotopic (exact) mass is 321 g/mol. The fourth-order valence-corrected chi connectivity index (χ4v) is 3.12. The molecule has 1 saturated heterocycles. The van der Waals surface area contributed by atoms with Gasteiger partial charge in [-0.25, -0.2) is 0 Å². The third kappa shape index (κ3) is 3.55. The van der Waals surface area contributed by atoms with Crippen LogP contribution in [-0.2, 0) is 29.2 Å². The number of fused-ring (bicyclic) bond motifs is 1. The molecular weight excluding hydrogens is 294 g/mol. The highest BCUT2D eigenvalue weighted by molar-refractivity contribution is 5.79. The van der Waals surface area contributed by atoms with Crippen molar-refractivity contribution in [3.05, 3.63) is 11.6 Å². The van der Waals surface area contributed by atoms with Crippen LogP contribution in [0, 0.1) is 5.92 Å². The van der Waals surface area contributed by atoms with Crippen molar-refractivity contribution in [1.82, 2.24) is 24.6 Å². The fourth-order valence-electron chi connectivity index (χ4n) is 3.12. The van der Waals surface area contributed by atoms with Gasteiger partial charge in [-0.1, -0.05) is 0 Å². The number of nitrogens with zero attached hydrogens (tertiary/aromatic N) is 5. The summed E-state index contributed by atoms with van der Waals surface area (Å²) < 4.78 is 7.55. The van der Waals surface area contributed by atoms with E-state index in [2.05, 4.69) is 40.6 Å². The molecule has 7 heteroatoms. The molecule has 23 heavy (non-hydrogen) atoms. The lowest BCUT2D eigenvalue weighted by atomic mass is 10.1. The Morgan fingerprint density at radius 1 is 1.39 bits per heavy atom. The highest BCUT2D eigenvalue weighted by Gasteiger charge is 2.30. The first-order valence-corrected chi connectivity index (χ1v) is 8.54. The Bertz CT molecular complexity index is 551. The van der Waals surface area contributed by atoms with Gasteiger partial charge in [0.1, 0.15) is 5.82 Å².